The second-order valence-corrected chi connectivity index (χ2v) is 6.26. The Labute approximate surface area is 153 Å². The van der Waals surface area contributed by atoms with E-state index in [9.17, 15) is 4.39 Å². The van der Waals surface area contributed by atoms with Crippen molar-refractivity contribution in [2.24, 2.45) is 0 Å². The Kier molecular flexibility index (Phi) is 4.26. The molecule has 0 unspecified atom stereocenters. The first kappa shape index (κ1) is 16.5. The van der Waals surface area contributed by atoms with Crippen LogP contribution in [-0.4, -0.2) is 15.1 Å². The van der Waals surface area contributed by atoms with Crippen LogP contribution < -0.4 is 5.32 Å². The van der Waals surface area contributed by atoms with Crippen LogP contribution in [-0.2, 0) is 6.54 Å². The zero-order valence-corrected chi connectivity index (χ0v) is 14.6. The van der Waals surface area contributed by atoms with Crippen LogP contribution in [0.1, 0.15) is 11.4 Å². The average molecular weight is 369 g/mol. The topological polar surface area (TPSA) is 63.8 Å². The van der Waals surface area contributed by atoms with Crippen LogP contribution >= 0.6 is 11.6 Å². The van der Waals surface area contributed by atoms with Crippen molar-refractivity contribution in [3.05, 3.63) is 70.8 Å². The van der Waals surface area contributed by atoms with Crippen LogP contribution in [0.2, 0.25) is 5.02 Å². The normalized spacial score (nSPS) is 11.0. The van der Waals surface area contributed by atoms with Crippen molar-refractivity contribution in [1.82, 2.24) is 15.1 Å². The number of halogens is 2. The molecule has 0 radical (unpaired) electrons. The molecule has 7 heteroatoms. The van der Waals surface area contributed by atoms with Crippen LogP contribution in [0.25, 0.3) is 22.4 Å². The molecule has 0 fully saturated rings. The fourth-order valence-corrected chi connectivity index (χ4v) is 2.82. The van der Waals surface area contributed by atoms with Gasteiger partial charge in [-0.05, 0) is 36.8 Å². The van der Waals surface area contributed by atoms with E-state index < -0.39 is 0 Å². The van der Waals surface area contributed by atoms with E-state index in [4.69, 9.17) is 16.1 Å². The Morgan fingerprint density at radius 3 is 2.69 bits per heavy atom. The molecule has 0 aliphatic heterocycles. The quantitative estimate of drug-likeness (QED) is 0.549. The summed E-state index contributed by atoms with van der Waals surface area (Å²) in [5, 5.41) is 7.96. The van der Waals surface area contributed by atoms with Gasteiger partial charge in [0.1, 0.15) is 22.9 Å². The fourth-order valence-electron chi connectivity index (χ4n) is 2.69. The Morgan fingerprint density at radius 2 is 1.92 bits per heavy atom. The molecule has 0 spiro atoms. The molecule has 130 valence electrons. The van der Waals surface area contributed by atoms with Crippen LogP contribution in [0.5, 0.6) is 0 Å². The molecule has 1 N–H and O–H groups in total. The van der Waals surface area contributed by atoms with Crippen molar-refractivity contribution in [2.45, 2.75) is 13.5 Å². The molecule has 0 amide bonds. The van der Waals surface area contributed by atoms with Crippen molar-refractivity contribution >= 4 is 28.5 Å². The monoisotopic (exact) mass is 368 g/mol. The summed E-state index contributed by atoms with van der Waals surface area (Å²) >= 11 is 5.95. The van der Waals surface area contributed by atoms with Crippen molar-refractivity contribution in [3.63, 3.8) is 0 Å². The van der Waals surface area contributed by atoms with Gasteiger partial charge in [-0.3, -0.25) is 0 Å². The maximum atomic E-state index is 13.3. The summed E-state index contributed by atoms with van der Waals surface area (Å²) in [5.41, 5.74) is 3.34. The summed E-state index contributed by atoms with van der Waals surface area (Å²) in [6, 6.07) is 13.7. The lowest BCUT2D eigenvalue weighted by Gasteiger charge is -2.07. The Balaban J connectivity index is 1.71. The Morgan fingerprint density at radius 1 is 1.12 bits per heavy atom. The summed E-state index contributed by atoms with van der Waals surface area (Å²) in [6.07, 6.45) is 0. The molecule has 0 saturated heterocycles. The van der Waals surface area contributed by atoms with Gasteiger partial charge in [0, 0.05) is 17.1 Å². The highest BCUT2D eigenvalue weighted by molar-refractivity contribution is 6.30. The zero-order valence-electron chi connectivity index (χ0n) is 13.8. The number of fused-ring (bicyclic) bond motifs is 1. The molecule has 0 aliphatic carbocycles. The smallest absolute Gasteiger partial charge is 0.228 e. The van der Waals surface area contributed by atoms with Gasteiger partial charge in [0.2, 0.25) is 5.58 Å². The van der Waals surface area contributed by atoms with E-state index in [1.165, 1.54) is 12.1 Å². The third kappa shape index (κ3) is 3.23. The first-order valence-electron chi connectivity index (χ1n) is 7.98. The van der Waals surface area contributed by atoms with Crippen LogP contribution in [0.3, 0.4) is 0 Å². The summed E-state index contributed by atoms with van der Waals surface area (Å²) in [6.45, 7) is 2.20. The second-order valence-electron chi connectivity index (χ2n) is 5.82. The average Bonchev–Trinajstić information content (AvgIpc) is 3.04. The molecule has 0 saturated carbocycles. The minimum atomic E-state index is -0.280. The molecule has 2 aromatic carbocycles. The van der Waals surface area contributed by atoms with Crippen molar-refractivity contribution in [2.75, 3.05) is 5.32 Å². The molecule has 2 heterocycles. The van der Waals surface area contributed by atoms with Gasteiger partial charge in [0.15, 0.2) is 5.82 Å². The van der Waals surface area contributed by atoms with E-state index in [2.05, 4.69) is 20.4 Å². The van der Waals surface area contributed by atoms with E-state index in [0.29, 0.717) is 40.0 Å². The van der Waals surface area contributed by atoms with Crippen molar-refractivity contribution in [3.8, 4) is 11.3 Å². The number of hydrogen-bond donors (Lipinski definition) is 1. The molecule has 5 nitrogen and oxygen atoms in total. The van der Waals surface area contributed by atoms with Crippen LogP contribution in [0, 0.1) is 12.7 Å². The largest absolute Gasteiger partial charge is 0.363 e. The van der Waals surface area contributed by atoms with Crippen molar-refractivity contribution in [1.29, 1.82) is 0 Å². The molecule has 2 aromatic heterocycles. The SMILES string of the molecule is Cc1nc(NCc2cccc(F)c2)c2onc(-c3ccc(Cl)cc3)c2n1. The summed E-state index contributed by atoms with van der Waals surface area (Å²) < 4.78 is 18.8. The zero-order chi connectivity index (χ0) is 18.1. The standard InChI is InChI=1S/C19H14ClFN4O/c1-11-23-17-16(13-5-7-14(20)8-6-13)25-26-18(17)19(24-11)22-10-12-3-2-4-15(21)9-12/h2-9H,10H2,1H3,(H,22,23,24). The number of anilines is 1. The summed E-state index contributed by atoms with van der Waals surface area (Å²) in [5.74, 6) is 0.820. The lowest BCUT2D eigenvalue weighted by Crippen LogP contribution is -2.04. The number of nitrogens with zero attached hydrogens (tertiary/aromatic N) is 3. The van der Waals surface area contributed by atoms with E-state index in [0.717, 1.165) is 11.1 Å². The lowest BCUT2D eigenvalue weighted by atomic mass is 10.1. The van der Waals surface area contributed by atoms with Gasteiger partial charge in [0.05, 0.1) is 0 Å². The fraction of sp³-hybridized carbons (Fsp3) is 0.105. The molecule has 4 rings (SSSR count). The molecule has 0 aliphatic rings. The van der Waals surface area contributed by atoms with Crippen LogP contribution in [0.15, 0.2) is 53.1 Å². The highest BCUT2D eigenvalue weighted by Crippen LogP contribution is 2.30. The van der Waals surface area contributed by atoms with E-state index in [-0.39, 0.29) is 5.82 Å². The van der Waals surface area contributed by atoms with Gasteiger partial charge < -0.3 is 9.84 Å². The van der Waals surface area contributed by atoms with Gasteiger partial charge in [-0.2, -0.15) is 0 Å². The maximum Gasteiger partial charge on any atom is 0.228 e. The van der Waals surface area contributed by atoms with Gasteiger partial charge in [-0.1, -0.05) is 41.0 Å². The minimum Gasteiger partial charge on any atom is -0.363 e. The predicted molar refractivity (Wildman–Crippen MR) is 98.5 cm³/mol. The van der Waals surface area contributed by atoms with Gasteiger partial charge in [0.25, 0.3) is 0 Å². The third-order valence-corrected chi connectivity index (χ3v) is 4.15. The number of rotatable bonds is 4. The van der Waals surface area contributed by atoms with Gasteiger partial charge >= 0.3 is 0 Å². The number of nitrogens with one attached hydrogen (secondary N) is 1. The van der Waals surface area contributed by atoms with E-state index in [1.54, 1.807) is 25.1 Å². The van der Waals surface area contributed by atoms with E-state index >= 15 is 0 Å². The number of benzene rings is 2. The molecular formula is C19H14ClFN4O. The second kappa shape index (κ2) is 6.72. The van der Waals surface area contributed by atoms with E-state index in [1.807, 2.05) is 18.2 Å². The van der Waals surface area contributed by atoms with Gasteiger partial charge in [-0.25, -0.2) is 14.4 Å². The highest BCUT2D eigenvalue weighted by atomic mass is 35.5. The molecule has 4 aromatic rings. The Hall–Kier alpha value is -2.99. The van der Waals surface area contributed by atoms with Crippen molar-refractivity contribution < 1.29 is 8.91 Å². The third-order valence-electron chi connectivity index (χ3n) is 3.90. The van der Waals surface area contributed by atoms with Crippen LogP contribution in [0.4, 0.5) is 10.2 Å². The molecule has 26 heavy (non-hydrogen) atoms. The van der Waals surface area contributed by atoms with Gasteiger partial charge in [-0.15, -0.1) is 0 Å². The highest BCUT2D eigenvalue weighted by Gasteiger charge is 2.17. The summed E-state index contributed by atoms with van der Waals surface area (Å²) in [4.78, 5) is 8.85. The maximum absolute atomic E-state index is 13.3. The predicted octanol–water partition coefficient (Wildman–Crippen LogP) is 5.00. The minimum absolute atomic E-state index is 0.280. The molecule has 0 bridgehead atoms. The molecular weight excluding hydrogens is 355 g/mol. The number of aromatic nitrogens is 3. The molecule has 0 atom stereocenters. The number of hydrogen-bond acceptors (Lipinski definition) is 5. The number of aryl methyl sites for hydroxylation is 1. The first-order valence-corrected chi connectivity index (χ1v) is 8.36. The Bertz CT molecular complexity index is 1080. The first-order chi connectivity index (χ1) is 12.6. The summed E-state index contributed by atoms with van der Waals surface area (Å²) in [7, 11) is 0. The lowest BCUT2D eigenvalue weighted by molar-refractivity contribution is 0.459.